The van der Waals surface area contributed by atoms with E-state index in [1.54, 1.807) is 18.2 Å². The number of hydrogen-bond donors (Lipinski definition) is 1. The van der Waals surface area contributed by atoms with Gasteiger partial charge in [0.15, 0.2) is 5.17 Å². The van der Waals surface area contributed by atoms with E-state index in [9.17, 15) is 9.59 Å². The molecule has 0 aromatic carbocycles. The Kier molecular flexibility index (Phi) is 3.44. The largest absolute Gasteiger partial charge is 0.481 e. The highest BCUT2D eigenvalue weighted by molar-refractivity contribution is 8.14. The number of halogens is 1. The standard InChI is InChI=1S/C10H7ClN2O3S/c11-5-1-2-6-7(3-5)12-10(13-9(6)16)17-4-8(14)15/h1-3,6H,4H2,(H,14,15). The minimum Gasteiger partial charge on any atom is -0.481 e. The van der Waals surface area contributed by atoms with Gasteiger partial charge in [0, 0.05) is 5.03 Å². The Morgan fingerprint density at radius 3 is 3.00 bits per heavy atom. The van der Waals surface area contributed by atoms with E-state index in [4.69, 9.17) is 16.7 Å². The number of thioether (sulfide) groups is 1. The summed E-state index contributed by atoms with van der Waals surface area (Å²) in [6.45, 7) is 0. The fraction of sp³-hybridized carbons (Fsp3) is 0.200. The third kappa shape index (κ3) is 2.83. The van der Waals surface area contributed by atoms with Crippen molar-refractivity contribution in [3.8, 4) is 0 Å². The van der Waals surface area contributed by atoms with Crippen molar-refractivity contribution >= 4 is 46.1 Å². The number of rotatable bonds is 2. The number of amidine groups is 1. The van der Waals surface area contributed by atoms with Gasteiger partial charge in [-0.15, -0.1) is 0 Å². The van der Waals surface area contributed by atoms with Gasteiger partial charge in [0.1, 0.15) is 5.92 Å². The number of fused-ring (bicyclic) bond motifs is 1. The zero-order valence-electron chi connectivity index (χ0n) is 8.46. The lowest BCUT2D eigenvalue weighted by Gasteiger charge is -2.17. The van der Waals surface area contributed by atoms with Crippen molar-refractivity contribution in [1.82, 2.24) is 0 Å². The average Bonchev–Trinajstić information content (AvgIpc) is 2.25. The Hall–Kier alpha value is -1.40. The highest BCUT2D eigenvalue weighted by Crippen LogP contribution is 2.23. The minimum atomic E-state index is -0.982. The number of hydrogen-bond acceptors (Lipinski definition) is 4. The molecule has 0 saturated heterocycles. The Morgan fingerprint density at radius 2 is 2.29 bits per heavy atom. The second-order valence-corrected chi connectivity index (χ2v) is 4.70. The van der Waals surface area contributed by atoms with E-state index in [1.165, 1.54) is 0 Å². The van der Waals surface area contributed by atoms with Crippen LogP contribution in [0, 0.1) is 5.92 Å². The molecule has 1 N–H and O–H groups in total. The first-order valence-corrected chi connectivity index (χ1v) is 6.04. The van der Waals surface area contributed by atoms with Crippen molar-refractivity contribution in [2.45, 2.75) is 0 Å². The van der Waals surface area contributed by atoms with Gasteiger partial charge in [-0.25, -0.2) is 4.99 Å². The van der Waals surface area contributed by atoms with Gasteiger partial charge in [-0.05, 0) is 12.2 Å². The van der Waals surface area contributed by atoms with Crippen LogP contribution in [-0.2, 0) is 9.59 Å². The van der Waals surface area contributed by atoms with Gasteiger partial charge in [0.2, 0.25) is 0 Å². The van der Waals surface area contributed by atoms with E-state index in [0.29, 0.717) is 10.7 Å². The fourth-order valence-electron chi connectivity index (χ4n) is 1.37. The molecule has 0 fully saturated rings. The molecule has 1 atom stereocenters. The van der Waals surface area contributed by atoms with Crippen LogP contribution in [-0.4, -0.2) is 33.6 Å². The normalized spacial score (nSPS) is 22.5. The fourth-order valence-corrected chi connectivity index (χ4v) is 2.13. The highest BCUT2D eigenvalue weighted by atomic mass is 35.5. The number of aliphatic carboxylic acids is 1. The quantitative estimate of drug-likeness (QED) is 0.824. The Labute approximate surface area is 106 Å². The molecule has 0 aromatic rings. The third-order valence-electron chi connectivity index (χ3n) is 2.07. The molecule has 1 aliphatic heterocycles. The van der Waals surface area contributed by atoms with Crippen LogP contribution in [0.3, 0.4) is 0 Å². The van der Waals surface area contributed by atoms with Crippen LogP contribution in [0.1, 0.15) is 0 Å². The molecule has 1 aliphatic carbocycles. The average molecular weight is 271 g/mol. The van der Waals surface area contributed by atoms with Crippen molar-refractivity contribution in [1.29, 1.82) is 0 Å². The number of carboxylic acids is 1. The topological polar surface area (TPSA) is 79.1 Å². The molecule has 0 bridgehead atoms. The molecule has 5 nitrogen and oxygen atoms in total. The number of carboxylic acid groups (broad SMARTS) is 1. The van der Waals surface area contributed by atoms with Gasteiger partial charge in [-0.2, -0.15) is 4.99 Å². The van der Waals surface area contributed by atoms with Crippen molar-refractivity contribution in [2.75, 3.05) is 5.75 Å². The van der Waals surface area contributed by atoms with Crippen LogP contribution in [0.25, 0.3) is 0 Å². The smallest absolute Gasteiger partial charge is 0.313 e. The molecule has 0 spiro atoms. The van der Waals surface area contributed by atoms with E-state index in [0.717, 1.165) is 11.8 Å². The lowest BCUT2D eigenvalue weighted by molar-refractivity contribution is -0.133. The molecule has 7 heteroatoms. The molecule has 1 amide bonds. The summed E-state index contributed by atoms with van der Waals surface area (Å²) in [5, 5.41) is 9.18. The second kappa shape index (κ2) is 4.85. The van der Waals surface area contributed by atoms with Crippen molar-refractivity contribution in [3.63, 3.8) is 0 Å². The third-order valence-corrected chi connectivity index (χ3v) is 3.14. The number of allylic oxidation sites excluding steroid dienone is 3. The zero-order chi connectivity index (χ0) is 12.4. The molecule has 2 rings (SSSR count). The van der Waals surface area contributed by atoms with E-state index >= 15 is 0 Å². The Balaban J connectivity index is 2.20. The van der Waals surface area contributed by atoms with Crippen molar-refractivity contribution in [2.24, 2.45) is 15.9 Å². The van der Waals surface area contributed by atoms with E-state index in [2.05, 4.69) is 9.98 Å². The van der Waals surface area contributed by atoms with E-state index < -0.39 is 11.9 Å². The summed E-state index contributed by atoms with van der Waals surface area (Å²) in [4.78, 5) is 29.9. The zero-order valence-corrected chi connectivity index (χ0v) is 10.0. The SMILES string of the molecule is O=C(O)CSC1=NC(=O)C2C=CC(Cl)=CC2=N1. The first kappa shape index (κ1) is 12.1. The Morgan fingerprint density at radius 1 is 1.53 bits per heavy atom. The summed E-state index contributed by atoms with van der Waals surface area (Å²) < 4.78 is 0. The van der Waals surface area contributed by atoms with Crippen LogP contribution < -0.4 is 0 Å². The summed E-state index contributed by atoms with van der Waals surface area (Å²) in [5.41, 5.74) is 0.505. The molecule has 1 heterocycles. The summed E-state index contributed by atoms with van der Waals surface area (Å²) in [7, 11) is 0. The maximum Gasteiger partial charge on any atom is 0.313 e. The van der Waals surface area contributed by atoms with E-state index in [1.807, 2.05) is 0 Å². The molecule has 88 valence electrons. The van der Waals surface area contributed by atoms with Gasteiger partial charge in [-0.3, -0.25) is 9.59 Å². The number of nitrogens with zero attached hydrogens (tertiary/aromatic N) is 2. The lowest BCUT2D eigenvalue weighted by Crippen LogP contribution is -2.26. The predicted molar refractivity (Wildman–Crippen MR) is 66.5 cm³/mol. The van der Waals surface area contributed by atoms with Gasteiger partial charge in [-0.1, -0.05) is 29.4 Å². The number of carbonyl (C=O) groups excluding carboxylic acids is 1. The highest BCUT2D eigenvalue weighted by Gasteiger charge is 2.27. The molecule has 0 aromatic heterocycles. The number of amides is 1. The first-order valence-electron chi connectivity index (χ1n) is 4.67. The predicted octanol–water partition coefficient (Wildman–Crippen LogP) is 1.45. The van der Waals surface area contributed by atoms with Crippen LogP contribution >= 0.6 is 23.4 Å². The van der Waals surface area contributed by atoms with E-state index in [-0.39, 0.29) is 16.8 Å². The monoisotopic (exact) mass is 270 g/mol. The van der Waals surface area contributed by atoms with Crippen LogP contribution in [0.15, 0.2) is 33.2 Å². The van der Waals surface area contributed by atoms with Crippen molar-refractivity contribution in [3.05, 3.63) is 23.3 Å². The number of aliphatic imine (C=N–C) groups is 2. The summed E-state index contributed by atoms with van der Waals surface area (Å²) in [6.07, 6.45) is 4.83. The second-order valence-electron chi connectivity index (χ2n) is 3.32. The van der Waals surface area contributed by atoms with Gasteiger partial charge in [0.25, 0.3) is 5.91 Å². The molecule has 17 heavy (non-hydrogen) atoms. The van der Waals surface area contributed by atoms with Crippen LogP contribution in [0.2, 0.25) is 0 Å². The molecular formula is C10H7ClN2O3S. The maximum absolute atomic E-state index is 11.6. The van der Waals surface area contributed by atoms with Crippen molar-refractivity contribution < 1.29 is 14.7 Å². The molecule has 2 aliphatic rings. The first-order chi connectivity index (χ1) is 8.06. The van der Waals surface area contributed by atoms with Gasteiger partial charge < -0.3 is 5.11 Å². The van der Waals surface area contributed by atoms with Crippen LogP contribution in [0.5, 0.6) is 0 Å². The lowest BCUT2D eigenvalue weighted by atomic mass is 9.97. The summed E-state index contributed by atoms with van der Waals surface area (Å²) in [6, 6.07) is 0. The molecule has 0 saturated carbocycles. The van der Waals surface area contributed by atoms with Gasteiger partial charge >= 0.3 is 5.97 Å². The molecule has 0 radical (unpaired) electrons. The number of carbonyl (C=O) groups is 2. The summed E-state index contributed by atoms with van der Waals surface area (Å²) in [5.74, 6) is -2.00. The molecule has 1 unspecified atom stereocenters. The summed E-state index contributed by atoms with van der Waals surface area (Å²) >= 11 is 6.71. The van der Waals surface area contributed by atoms with Gasteiger partial charge in [0.05, 0.1) is 11.5 Å². The maximum atomic E-state index is 11.6. The molecular weight excluding hydrogens is 264 g/mol. The minimum absolute atomic E-state index is 0.166. The Bertz CT molecular complexity index is 508. The van der Waals surface area contributed by atoms with Crippen LogP contribution in [0.4, 0.5) is 0 Å².